The molecule has 0 aromatic heterocycles. The first-order valence-electron chi connectivity index (χ1n) is 10.9. The van der Waals surface area contributed by atoms with Gasteiger partial charge in [0.05, 0.1) is 26.4 Å². The van der Waals surface area contributed by atoms with Gasteiger partial charge in [0, 0.05) is 37.6 Å². The van der Waals surface area contributed by atoms with Crippen LogP contribution in [0, 0.1) is 13.8 Å². The number of hydrogen-bond acceptors (Lipinski definition) is 4. The second-order valence-corrected chi connectivity index (χ2v) is 8.01. The molecule has 0 saturated carbocycles. The van der Waals surface area contributed by atoms with Crippen LogP contribution in [0.5, 0.6) is 0 Å². The molecule has 30 heavy (non-hydrogen) atoms. The van der Waals surface area contributed by atoms with Crippen molar-refractivity contribution in [1.29, 1.82) is 0 Å². The molecule has 4 nitrogen and oxygen atoms in total. The van der Waals surface area contributed by atoms with Crippen molar-refractivity contribution < 1.29 is 9.47 Å². The van der Waals surface area contributed by atoms with E-state index in [2.05, 4.69) is 72.7 Å². The fraction of sp³-hybridized carbons (Fsp3) is 0.385. The van der Waals surface area contributed by atoms with E-state index in [0.29, 0.717) is 0 Å². The van der Waals surface area contributed by atoms with Gasteiger partial charge in [0.1, 0.15) is 0 Å². The second kappa shape index (κ2) is 9.50. The Kier molecular flexibility index (Phi) is 6.56. The molecule has 158 valence electrons. The number of anilines is 2. The summed E-state index contributed by atoms with van der Waals surface area (Å²) in [6.45, 7) is 15.4. The van der Waals surface area contributed by atoms with Crippen molar-refractivity contribution in [2.75, 3.05) is 62.4 Å². The molecule has 0 spiro atoms. The molecule has 0 radical (unpaired) electrons. The van der Waals surface area contributed by atoms with Crippen molar-refractivity contribution in [1.82, 2.24) is 0 Å². The summed E-state index contributed by atoms with van der Waals surface area (Å²) in [5, 5.41) is 0. The highest BCUT2D eigenvalue weighted by Crippen LogP contribution is 2.33. The van der Waals surface area contributed by atoms with E-state index in [9.17, 15) is 0 Å². The predicted octanol–water partition coefficient (Wildman–Crippen LogP) is 4.59. The number of hydrogen-bond donors (Lipinski definition) is 0. The zero-order valence-corrected chi connectivity index (χ0v) is 18.2. The lowest BCUT2D eigenvalue weighted by Gasteiger charge is -2.30. The molecule has 2 heterocycles. The summed E-state index contributed by atoms with van der Waals surface area (Å²) in [5.74, 6) is 0. The lowest BCUT2D eigenvalue weighted by Crippen LogP contribution is -2.36. The SMILES string of the molecule is C=CC=C(c1ccc(N2CCOCC2)cc1C)c1ccc(N2CCOCC2)cc1C. The van der Waals surface area contributed by atoms with Crippen LogP contribution in [0.1, 0.15) is 22.3 Å². The van der Waals surface area contributed by atoms with Crippen LogP contribution in [0.4, 0.5) is 11.4 Å². The number of morpholine rings is 2. The number of allylic oxidation sites excluding steroid dienone is 2. The van der Waals surface area contributed by atoms with E-state index < -0.39 is 0 Å². The minimum Gasteiger partial charge on any atom is -0.378 e. The summed E-state index contributed by atoms with van der Waals surface area (Å²) in [6.07, 6.45) is 4.02. The monoisotopic (exact) mass is 404 g/mol. The van der Waals surface area contributed by atoms with Gasteiger partial charge in [0.2, 0.25) is 0 Å². The van der Waals surface area contributed by atoms with Crippen LogP contribution in [-0.4, -0.2) is 52.6 Å². The third-order valence-electron chi connectivity index (χ3n) is 6.04. The molecule has 2 fully saturated rings. The van der Waals surface area contributed by atoms with Gasteiger partial charge in [-0.05, 0) is 65.9 Å². The third-order valence-corrected chi connectivity index (χ3v) is 6.04. The van der Waals surface area contributed by atoms with Gasteiger partial charge in [-0.2, -0.15) is 0 Å². The average molecular weight is 405 g/mol. The smallest absolute Gasteiger partial charge is 0.0642 e. The Morgan fingerprint density at radius 2 is 1.20 bits per heavy atom. The molecule has 2 aliphatic rings. The van der Waals surface area contributed by atoms with Crippen molar-refractivity contribution in [3.63, 3.8) is 0 Å². The fourth-order valence-corrected chi connectivity index (χ4v) is 4.38. The van der Waals surface area contributed by atoms with Gasteiger partial charge in [0.25, 0.3) is 0 Å². The molecule has 0 amide bonds. The van der Waals surface area contributed by atoms with Gasteiger partial charge >= 0.3 is 0 Å². The molecule has 2 aliphatic heterocycles. The molecule has 2 saturated heterocycles. The number of benzene rings is 2. The summed E-state index contributed by atoms with van der Waals surface area (Å²) >= 11 is 0. The van der Waals surface area contributed by atoms with E-state index in [0.717, 1.165) is 52.6 Å². The first-order chi connectivity index (χ1) is 14.7. The lowest BCUT2D eigenvalue weighted by atomic mass is 9.90. The molecule has 0 atom stereocenters. The molecule has 0 aliphatic carbocycles. The van der Waals surface area contributed by atoms with Gasteiger partial charge in [-0.25, -0.2) is 0 Å². The van der Waals surface area contributed by atoms with Crippen molar-refractivity contribution in [3.8, 4) is 0 Å². The van der Waals surface area contributed by atoms with E-state index in [4.69, 9.17) is 9.47 Å². The van der Waals surface area contributed by atoms with Gasteiger partial charge in [-0.1, -0.05) is 30.9 Å². The van der Waals surface area contributed by atoms with E-state index >= 15 is 0 Å². The molecular weight excluding hydrogens is 372 g/mol. The second-order valence-electron chi connectivity index (χ2n) is 8.01. The molecule has 4 rings (SSSR count). The first kappa shape index (κ1) is 20.7. The molecular formula is C26H32N2O2. The van der Waals surface area contributed by atoms with Crippen molar-refractivity contribution in [3.05, 3.63) is 77.4 Å². The Morgan fingerprint density at radius 1 is 0.767 bits per heavy atom. The summed E-state index contributed by atoms with van der Waals surface area (Å²) < 4.78 is 11.0. The van der Waals surface area contributed by atoms with Crippen LogP contribution in [0.3, 0.4) is 0 Å². The predicted molar refractivity (Wildman–Crippen MR) is 126 cm³/mol. The highest BCUT2D eigenvalue weighted by atomic mass is 16.5. The molecule has 0 N–H and O–H groups in total. The van der Waals surface area contributed by atoms with Crippen molar-refractivity contribution >= 4 is 16.9 Å². The minimum absolute atomic E-state index is 0.803. The Balaban J connectivity index is 1.64. The Labute approximate surface area is 180 Å². The summed E-state index contributed by atoms with van der Waals surface area (Å²) in [7, 11) is 0. The zero-order chi connectivity index (χ0) is 20.9. The maximum Gasteiger partial charge on any atom is 0.0642 e. The largest absolute Gasteiger partial charge is 0.378 e. The van der Waals surface area contributed by atoms with E-state index in [1.165, 1.54) is 39.2 Å². The zero-order valence-electron chi connectivity index (χ0n) is 18.2. The Hall–Kier alpha value is -2.56. The minimum atomic E-state index is 0.803. The van der Waals surface area contributed by atoms with Crippen molar-refractivity contribution in [2.45, 2.75) is 13.8 Å². The summed E-state index contributed by atoms with van der Waals surface area (Å²) in [6, 6.07) is 13.6. The van der Waals surface area contributed by atoms with Crippen LogP contribution in [0.2, 0.25) is 0 Å². The van der Waals surface area contributed by atoms with E-state index in [1.54, 1.807) is 0 Å². The normalized spacial score (nSPS) is 17.0. The first-order valence-corrected chi connectivity index (χ1v) is 10.9. The van der Waals surface area contributed by atoms with Gasteiger partial charge in [0.15, 0.2) is 0 Å². The molecule has 4 heteroatoms. The van der Waals surface area contributed by atoms with Crippen molar-refractivity contribution in [2.24, 2.45) is 0 Å². The maximum atomic E-state index is 5.50. The Morgan fingerprint density at radius 3 is 1.57 bits per heavy atom. The highest BCUT2D eigenvalue weighted by molar-refractivity contribution is 5.85. The third kappa shape index (κ3) is 4.45. The van der Waals surface area contributed by atoms with Gasteiger partial charge < -0.3 is 19.3 Å². The van der Waals surface area contributed by atoms with Crippen LogP contribution in [0.15, 0.2) is 55.1 Å². The number of ether oxygens (including phenoxy) is 2. The van der Waals surface area contributed by atoms with Gasteiger partial charge in [-0.15, -0.1) is 0 Å². The highest BCUT2D eigenvalue weighted by Gasteiger charge is 2.16. The standard InChI is InChI=1S/C26H32N2O2/c1-4-5-26(24-8-6-22(18-20(24)2)27-10-14-29-15-11-27)25-9-7-23(19-21(25)3)28-12-16-30-17-13-28/h4-9,18-19H,1,10-17H2,2-3H3. The summed E-state index contributed by atoms with van der Waals surface area (Å²) in [4.78, 5) is 4.80. The van der Waals surface area contributed by atoms with E-state index in [-0.39, 0.29) is 0 Å². The number of nitrogens with zero attached hydrogens (tertiary/aromatic N) is 2. The van der Waals surface area contributed by atoms with E-state index in [1.807, 2.05) is 6.08 Å². The van der Waals surface area contributed by atoms with Crippen LogP contribution < -0.4 is 9.80 Å². The quantitative estimate of drug-likeness (QED) is 0.681. The average Bonchev–Trinajstić information content (AvgIpc) is 2.79. The molecule has 2 aromatic rings. The van der Waals surface area contributed by atoms with Gasteiger partial charge in [-0.3, -0.25) is 0 Å². The number of aryl methyl sites for hydroxylation is 2. The lowest BCUT2D eigenvalue weighted by molar-refractivity contribution is 0.122. The van der Waals surface area contributed by atoms with Crippen LogP contribution in [-0.2, 0) is 9.47 Å². The number of rotatable bonds is 5. The van der Waals surface area contributed by atoms with Crippen LogP contribution in [0.25, 0.3) is 5.57 Å². The fourth-order valence-electron chi connectivity index (χ4n) is 4.38. The Bertz CT molecular complexity index is 853. The summed E-state index contributed by atoms with van der Waals surface area (Å²) in [5.41, 5.74) is 8.85. The maximum absolute atomic E-state index is 5.50. The topological polar surface area (TPSA) is 24.9 Å². The molecule has 0 bridgehead atoms. The molecule has 2 aromatic carbocycles. The van der Waals surface area contributed by atoms with Crippen LogP contribution >= 0.6 is 0 Å². The molecule has 0 unspecified atom stereocenters.